The van der Waals surface area contributed by atoms with Gasteiger partial charge in [-0.05, 0) is 23.6 Å². The highest BCUT2D eigenvalue weighted by atomic mass is 32.2. The minimum atomic E-state index is -4.36. The van der Waals surface area contributed by atoms with Crippen LogP contribution in [0.4, 0.5) is 0 Å². The molecule has 0 amide bonds. The van der Waals surface area contributed by atoms with Crippen LogP contribution in [0.5, 0.6) is 0 Å². The molecule has 0 aliphatic carbocycles. The first-order chi connectivity index (χ1) is 11.2. The normalized spacial score (nSPS) is 31.0. The van der Waals surface area contributed by atoms with Crippen molar-refractivity contribution in [3.05, 3.63) is 29.8 Å². The van der Waals surface area contributed by atoms with E-state index in [4.69, 9.17) is 13.8 Å². The summed E-state index contributed by atoms with van der Waals surface area (Å²) in [6, 6.07) is 5.63. The Hall–Kier alpha value is -0.970. The molecule has 24 heavy (non-hydrogen) atoms. The summed E-state index contributed by atoms with van der Waals surface area (Å²) in [5.74, 6) is -1.84. The molecule has 1 unspecified atom stereocenters. The van der Waals surface area contributed by atoms with Crippen molar-refractivity contribution < 1.29 is 42.1 Å². The highest BCUT2D eigenvalue weighted by Gasteiger charge is 2.57. The van der Waals surface area contributed by atoms with E-state index in [1.165, 1.54) is 24.3 Å². The number of aliphatic hydroxyl groups excluding tert-OH is 4. The summed E-state index contributed by atoms with van der Waals surface area (Å²) < 4.78 is 46.0. The third kappa shape index (κ3) is 3.98. The van der Waals surface area contributed by atoms with Crippen LogP contribution in [0.15, 0.2) is 29.2 Å². The van der Waals surface area contributed by atoms with Gasteiger partial charge in [0.1, 0.15) is 12.2 Å². The van der Waals surface area contributed by atoms with Crippen molar-refractivity contribution in [2.75, 3.05) is 6.61 Å². The molecule has 1 heterocycles. The molecular weight excluding hydrogens is 363 g/mol. The molecule has 9 nitrogen and oxygen atoms in total. The minimum Gasteiger partial charge on any atom is -0.394 e. The Morgan fingerprint density at radius 1 is 1.25 bits per heavy atom. The minimum absolute atomic E-state index is 0.212. The predicted octanol–water partition coefficient (Wildman–Crippen LogP) is -0.757. The SMILES string of the molecule is Cc1ccc(S(=O)(=O)O[C@H]2[C@@H](O)[C@@H](O)[C@@H]([C@H](O)CO)O[P+]2=O)cc1. The molecule has 2 rings (SSSR count). The Balaban J connectivity index is 2.20. The summed E-state index contributed by atoms with van der Waals surface area (Å²) in [4.78, 5) is -0.212. The van der Waals surface area contributed by atoms with Crippen LogP contribution in [0, 0.1) is 6.92 Å². The van der Waals surface area contributed by atoms with Crippen molar-refractivity contribution in [3.8, 4) is 0 Å². The largest absolute Gasteiger partial charge is 0.545 e. The molecule has 134 valence electrons. The van der Waals surface area contributed by atoms with Gasteiger partial charge < -0.3 is 20.4 Å². The molecule has 0 aromatic heterocycles. The maximum Gasteiger partial charge on any atom is 0.545 e. The zero-order chi connectivity index (χ0) is 18.1. The Morgan fingerprint density at radius 2 is 1.83 bits per heavy atom. The maximum atomic E-state index is 12.2. The summed E-state index contributed by atoms with van der Waals surface area (Å²) in [6.07, 6.45) is -6.81. The molecule has 0 saturated carbocycles. The molecule has 1 aromatic carbocycles. The van der Waals surface area contributed by atoms with E-state index in [0.717, 1.165) is 5.56 Å². The Bertz CT molecular complexity index is 690. The van der Waals surface area contributed by atoms with Crippen molar-refractivity contribution in [2.24, 2.45) is 0 Å². The van der Waals surface area contributed by atoms with E-state index in [9.17, 15) is 28.3 Å². The second-order valence-electron chi connectivity index (χ2n) is 5.34. The average molecular weight is 381 g/mol. The van der Waals surface area contributed by atoms with Crippen molar-refractivity contribution in [3.63, 3.8) is 0 Å². The molecule has 4 N–H and O–H groups in total. The standard InChI is InChI=1S/C13H18O9PS/c1-7-2-4-8(5-3-7)24(19,20)22-13-11(17)10(16)12(9(15)6-14)21-23(13)18/h2-5,9-17H,6H2,1H3/q+1/t9-,10-,11+,12-,13-/m1/s1. The van der Waals surface area contributed by atoms with Gasteiger partial charge in [-0.2, -0.15) is 8.42 Å². The molecule has 0 spiro atoms. The number of aryl methyl sites for hydroxylation is 1. The van der Waals surface area contributed by atoms with Crippen LogP contribution < -0.4 is 0 Å². The van der Waals surface area contributed by atoms with E-state index in [2.05, 4.69) is 0 Å². The van der Waals surface area contributed by atoms with Crippen molar-refractivity contribution >= 4 is 18.1 Å². The monoisotopic (exact) mass is 381 g/mol. The fourth-order valence-corrected chi connectivity index (χ4v) is 4.74. The molecule has 1 aliphatic heterocycles. The smallest absolute Gasteiger partial charge is 0.394 e. The fraction of sp³-hybridized carbons (Fsp3) is 0.538. The molecule has 0 bridgehead atoms. The van der Waals surface area contributed by atoms with Crippen LogP contribution >= 0.6 is 8.03 Å². The second-order valence-corrected chi connectivity index (χ2v) is 8.20. The van der Waals surface area contributed by atoms with Crippen molar-refractivity contribution in [2.45, 2.75) is 42.1 Å². The Kier molecular flexibility index (Phi) is 6.05. The second kappa shape index (κ2) is 7.51. The summed E-state index contributed by atoms with van der Waals surface area (Å²) in [7, 11) is -7.25. The zero-order valence-corrected chi connectivity index (χ0v) is 14.3. The zero-order valence-electron chi connectivity index (χ0n) is 12.6. The number of hydrogen-bond acceptors (Lipinski definition) is 9. The fourth-order valence-electron chi connectivity index (χ4n) is 2.11. The van der Waals surface area contributed by atoms with Gasteiger partial charge in [0, 0.05) is 0 Å². The summed E-state index contributed by atoms with van der Waals surface area (Å²) in [5, 5.41) is 38.2. The average Bonchev–Trinajstić information content (AvgIpc) is 2.54. The Labute approximate surface area is 139 Å². The molecule has 1 fully saturated rings. The predicted molar refractivity (Wildman–Crippen MR) is 80.8 cm³/mol. The van der Waals surface area contributed by atoms with Crippen molar-refractivity contribution in [1.29, 1.82) is 0 Å². The van der Waals surface area contributed by atoms with E-state index in [-0.39, 0.29) is 4.90 Å². The lowest BCUT2D eigenvalue weighted by atomic mass is 10.0. The molecule has 1 aromatic rings. The van der Waals surface area contributed by atoms with Crippen LogP contribution in [0.3, 0.4) is 0 Å². The van der Waals surface area contributed by atoms with Crippen molar-refractivity contribution in [1.82, 2.24) is 0 Å². The van der Waals surface area contributed by atoms with E-state index in [0.29, 0.717) is 0 Å². The highest BCUT2D eigenvalue weighted by Crippen LogP contribution is 2.43. The van der Waals surface area contributed by atoms with Crippen LogP contribution in [-0.4, -0.2) is 65.7 Å². The van der Waals surface area contributed by atoms with E-state index < -0.39 is 55.0 Å². The topological polar surface area (TPSA) is 151 Å². The van der Waals surface area contributed by atoms with Gasteiger partial charge >= 0.3 is 24.0 Å². The van der Waals surface area contributed by atoms with Gasteiger partial charge in [-0.25, -0.2) is 4.18 Å². The maximum absolute atomic E-state index is 12.2. The quantitative estimate of drug-likeness (QED) is 0.381. The number of hydrogen-bond donors (Lipinski definition) is 4. The first-order valence-corrected chi connectivity index (χ1v) is 9.61. The summed E-state index contributed by atoms with van der Waals surface area (Å²) >= 11 is 0. The molecule has 1 saturated heterocycles. The lowest BCUT2D eigenvalue weighted by Gasteiger charge is -2.30. The number of aliphatic hydroxyl groups is 4. The van der Waals surface area contributed by atoms with Gasteiger partial charge in [0.2, 0.25) is 0 Å². The van der Waals surface area contributed by atoms with Crippen LogP contribution in [0.1, 0.15) is 5.56 Å². The van der Waals surface area contributed by atoms with E-state index in [1.807, 2.05) is 0 Å². The Morgan fingerprint density at radius 3 is 2.38 bits per heavy atom. The third-order valence-electron chi connectivity index (χ3n) is 3.51. The van der Waals surface area contributed by atoms with Crippen LogP contribution in [-0.2, 0) is 23.4 Å². The molecule has 11 heteroatoms. The lowest BCUT2D eigenvalue weighted by molar-refractivity contribution is -0.132. The van der Waals surface area contributed by atoms with Gasteiger partial charge in [-0.3, -0.25) is 0 Å². The lowest BCUT2D eigenvalue weighted by Crippen LogP contribution is -2.54. The van der Waals surface area contributed by atoms with Gasteiger partial charge in [0.25, 0.3) is 0 Å². The van der Waals surface area contributed by atoms with Gasteiger partial charge in [0.05, 0.1) is 11.5 Å². The molecule has 0 radical (unpaired) electrons. The third-order valence-corrected chi connectivity index (χ3v) is 6.24. The van der Waals surface area contributed by atoms with Crippen LogP contribution in [0.25, 0.3) is 0 Å². The molecule has 1 aliphatic rings. The van der Waals surface area contributed by atoms with E-state index >= 15 is 0 Å². The molecular formula is C13H18O9PS+. The molecule has 6 atom stereocenters. The highest BCUT2D eigenvalue weighted by molar-refractivity contribution is 7.87. The number of rotatable bonds is 5. The summed E-state index contributed by atoms with van der Waals surface area (Å²) in [5.41, 5.74) is 0.817. The first kappa shape index (κ1) is 19.4. The van der Waals surface area contributed by atoms with E-state index in [1.54, 1.807) is 6.92 Å². The van der Waals surface area contributed by atoms with Gasteiger partial charge in [-0.15, -0.1) is 4.52 Å². The summed E-state index contributed by atoms with van der Waals surface area (Å²) in [6.45, 7) is 0.959. The van der Waals surface area contributed by atoms with Gasteiger partial charge in [0.15, 0.2) is 12.2 Å². The number of benzene rings is 1. The van der Waals surface area contributed by atoms with Gasteiger partial charge in [-0.1, -0.05) is 17.7 Å². The first-order valence-electron chi connectivity index (χ1n) is 6.95. The van der Waals surface area contributed by atoms with Crippen LogP contribution in [0.2, 0.25) is 0 Å².